The van der Waals surface area contributed by atoms with E-state index in [2.05, 4.69) is 6.92 Å². The molecule has 1 amide bonds. The molecule has 2 atom stereocenters. The van der Waals surface area contributed by atoms with Crippen molar-refractivity contribution in [1.82, 2.24) is 9.21 Å². The summed E-state index contributed by atoms with van der Waals surface area (Å²) in [5, 5.41) is 9.44. The van der Waals surface area contributed by atoms with Crippen molar-refractivity contribution in [3.63, 3.8) is 0 Å². The van der Waals surface area contributed by atoms with Gasteiger partial charge in [-0.2, -0.15) is 4.31 Å². The summed E-state index contributed by atoms with van der Waals surface area (Å²) in [7, 11) is -3.60. The molecule has 1 N–H and O–H groups in total. The van der Waals surface area contributed by atoms with Crippen molar-refractivity contribution in [2.75, 3.05) is 26.2 Å². The molecule has 1 saturated carbocycles. The molecule has 2 fully saturated rings. The van der Waals surface area contributed by atoms with Gasteiger partial charge in [-0.3, -0.25) is 9.59 Å². The van der Waals surface area contributed by atoms with E-state index >= 15 is 0 Å². The zero-order chi connectivity index (χ0) is 21.7. The maximum atomic E-state index is 13.0. The van der Waals surface area contributed by atoms with Crippen LogP contribution in [0.5, 0.6) is 0 Å². The summed E-state index contributed by atoms with van der Waals surface area (Å²) in [5.41, 5.74) is 1.13. The second-order valence-corrected chi connectivity index (χ2v) is 10.3. The van der Waals surface area contributed by atoms with Crippen LogP contribution < -0.4 is 0 Å². The monoisotopic (exact) mass is 436 g/mol. The van der Waals surface area contributed by atoms with Gasteiger partial charge in [-0.15, -0.1) is 0 Å². The Kier molecular flexibility index (Phi) is 7.52. The van der Waals surface area contributed by atoms with Crippen LogP contribution in [0.25, 0.3) is 0 Å². The molecule has 30 heavy (non-hydrogen) atoms. The Bertz CT molecular complexity index is 845. The Labute approximate surface area is 179 Å². The first kappa shape index (κ1) is 22.7. The Morgan fingerprint density at radius 3 is 2.17 bits per heavy atom. The SMILES string of the molecule is CCCCc1ccc(S(=O)(=O)N2CCN(C(=O)[C@H]3CCCC[C@@H]3C(=O)O)CC2)cc1. The normalized spacial score (nSPS) is 23.3. The van der Waals surface area contributed by atoms with Crippen LogP contribution in [0.1, 0.15) is 51.0 Å². The van der Waals surface area contributed by atoms with Gasteiger partial charge in [0, 0.05) is 26.2 Å². The minimum absolute atomic E-state index is 0.139. The minimum Gasteiger partial charge on any atom is -0.481 e. The molecule has 0 aromatic heterocycles. The third-order valence-corrected chi connectivity index (χ3v) is 8.24. The van der Waals surface area contributed by atoms with Crippen LogP contribution in [0.2, 0.25) is 0 Å². The number of benzene rings is 1. The van der Waals surface area contributed by atoms with Crippen molar-refractivity contribution >= 4 is 21.9 Å². The van der Waals surface area contributed by atoms with Gasteiger partial charge in [0.05, 0.1) is 16.7 Å². The lowest BCUT2D eigenvalue weighted by Crippen LogP contribution is -2.53. The molecule has 2 aliphatic rings. The summed E-state index contributed by atoms with van der Waals surface area (Å²) in [6, 6.07) is 7.07. The molecule has 0 spiro atoms. The number of nitrogens with zero attached hydrogens (tertiary/aromatic N) is 2. The maximum absolute atomic E-state index is 13.0. The number of carboxylic acids is 1. The summed E-state index contributed by atoms with van der Waals surface area (Å²) < 4.78 is 27.4. The summed E-state index contributed by atoms with van der Waals surface area (Å²) in [4.78, 5) is 26.4. The van der Waals surface area contributed by atoms with E-state index in [4.69, 9.17) is 0 Å². The number of carbonyl (C=O) groups excluding carboxylic acids is 1. The van der Waals surface area contributed by atoms with Gasteiger partial charge in [0.15, 0.2) is 0 Å². The van der Waals surface area contributed by atoms with Gasteiger partial charge in [0.1, 0.15) is 0 Å². The molecule has 0 bridgehead atoms. The third kappa shape index (κ3) is 5.03. The maximum Gasteiger partial charge on any atom is 0.307 e. The van der Waals surface area contributed by atoms with Crippen LogP contribution in [0.3, 0.4) is 0 Å². The van der Waals surface area contributed by atoms with Gasteiger partial charge in [-0.1, -0.05) is 38.3 Å². The van der Waals surface area contributed by atoms with Gasteiger partial charge in [0.25, 0.3) is 0 Å². The highest BCUT2D eigenvalue weighted by Crippen LogP contribution is 2.32. The molecular formula is C22H32N2O5S. The van der Waals surface area contributed by atoms with Crippen molar-refractivity contribution in [3.8, 4) is 0 Å². The molecule has 0 unspecified atom stereocenters. The fourth-order valence-electron chi connectivity index (χ4n) is 4.46. The van der Waals surface area contributed by atoms with Crippen LogP contribution >= 0.6 is 0 Å². The lowest BCUT2D eigenvalue weighted by atomic mass is 9.78. The van der Waals surface area contributed by atoms with Gasteiger partial charge in [0.2, 0.25) is 15.9 Å². The van der Waals surface area contributed by atoms with Crippen LogP contribution in [0.15, 0.2) is 29.2 Å². The smallest absolute Gasteiger partial charge is 0.307 e. The standard InChI is InChI=1S/C22H32N2O5S/c1-2-3-6-17-9-11-18(12-10-17)30(28,29)24-15-13-23(14-16-24)21(25)19-7-4-5-8-20(19)22(26)27/h9-12,19-20H,2-8,13-16H2,1H3,(H,26,27)/t19-,20-/m0/s1. The molecule has 1 aliphatic carbocycles. The number of piperazine rings is 1. The van der Waals surface area contributed by atoms with Crippen LogP contribution in [0.4, 0.5) is 0 Å². The van der Waals surface area contributed by atoms with E-state index in [1.165, 1.54) is 4.31 Å². The molecule has 1 saturated heterocycles. The minimum atomic E-state index is -3.60. The van der Waals surface area contributed by atoms with Crippen molar-refractivity contribution in [3.05, 3.63) is 29.8 Å². The predicted molar refractivity (Wildman–Crippen MR) is 113 cm³/mol. The van der Waals surface area contributed by atoms with Crippen LogP contribution in [-0.2, 0) is 26.0 Å². The fourth-order valence-corrected chi connectivity index (χ4v) is 5.89. The first-order chi connectivity index (χ1) is 14.3. The summed E-state index contributed by atoms with van der Waals surface area (Å²) >= 11 is 0. The molecular weight excluding hydrogens is 404 g/mol. The average Bonchev–Trinajstić information content (AvgIpc) is 2.77. The molecule has 8 heteroatoms. The van der Waals surface area contributed by atoms with E-state index in [0.717, 1.165) is 37.7 Å². The molecule has 1 aliphatic heterocycles. The summed E-state index contributed by atoms with van der Waals surface area (Å²) in [6.07, 6.45) is 5.94. The fraction of sp³-hybridized carbons (Fsp3) is 0.636. The molecule has 1 heterocycles. The van der Waals surface area contributed by atoms with E-state index in [0.29, 0.717) is 25.9 Å². The van der Waals surface area contributed by atoms with Gasteiger partial charge >= 0.3 is 5.97 Å². The zero-order valence-corrected chi connectivity index (χ0v) is 18.4. The van der Waals surface area contributed by atoms with Crippen molar-refractivity contribution < 1.29 is 23.1 Å². The van der Waals surface area contributed by atoms with E-state index in [-0.39, 0.29) is 23.9 Å². The number of aryl methyl sites for hydroxylation is 1. The molecule has 1 aromatic rings. The largest absolute Gasteiger partial charge is 0.481 e. The number of rotatable bonds is 7. The van der Waals surface area contributed by atoms with E-state index < -0.39 is 27.8 Å². The topological polar surface area (TPSA) is 95.0 Å². The first-order valence-corrected chi connectivity index (χ1v) is 12.4. The van der Waals surface area contributed by atoms with E-state index in [1.54, 1.807) is 17.0 Å². The molecule has 3 rings (SSSR count). The highest BCUT2D eigenvalue weighted by Gasteiger charge is 2.39. The second kappa shape index (κ2) is 9.92. The number of carboxylic acid groups (broad SMARTS) is 1. The number of hydrogen-bond donors (Lipinski definition) is 1. The molecule has 7 nitrogen and oxygen atoms in total. The van der Waals surface area contributed by atoms with Crippen molar-refractivity contribution in [2.45, 2.75) is 56.8 Å². The summed E-state index contributed by atoms with van der Waals surface area (Å²) in [6.45, 7) is 3.19. The third-order valence-electron chi connectivity index (χ3n) is 6.33. The number of sulfonamides is 1. The Hall–Kier alpha value is -1.93. The molecule has 0 radical (unpaired) electrons. The highest BCUT2D eigenvalue weighted by molar-refractivity contribution is 7.89. The van der Waals surface area contributed by atoms with Crippen LogP contribution in [0, 0.1) is 11.8 Å². The van der Waals surface area contributed by atoms with E-state index in [9.17, 15) is 23.1 Å². The van der Waals surface area contributed by atoms with E-state index in [1.807, 2.05) is 12.1 Å². The average molecular weight is 437 g/mol. The molecule has 1 aromatic carbocycles. The Morgan fingerprint density at radius 1 is 1.00 bits per heavy atom. The number of amides is 1. The lowest BCUT2D eigenvalue weighted by Gasteiger charge is -2.38. The van der Waals surface area contributed by atoms with Gasteiger partial charge in [-0.25, -0.2) is 8.42 Å². The van der Waals surface area contributed by atoms with Crippen molar-refractivity contribution in [2.24, 2.45) is 11.8 Å². The Balaban J connectivity index is 1.61. The van der Waals surface area contributed by atoms with Crippen LogP contribution in [-0.4, -0.2) is 60.8 Å². The lowest BCUT2D eigenvalue weighted by molar-refractivity contribution is -0.152. The number of aliphatic carboxylic acids is 1. The summed E-state index contributed by atoms with van der Waals surface area (Å²) in [5.74, 6) is -2.16. The number of carbonyl (C=O) groups is 2. The van der Waals surface area contributed by atoms with Gasteiger partial charge in [-0.05, 0) is 43.4 Å². The number of hydrogen-bond acceptors (Lipinski definition) is 4. The van der Waals surface area contributed by atoms with Crippen molar-refractivity contribution in [1.29, 1.82) is 0 Å². The number of unbranched alkanes of at least 4 members (excludes halogenated alkanes) is 1. The quantitative estimate of drug-likeness (QED) is 0.709. The first-order valence-electron chi connectivity index (χ1n) is 10.9. The Morgan fingerprint density at radius 2 is 1.60 bits per heavy atom. The highest BCUT2D eigenvalue weighted by atomic mass is 32.2. The zero-order valence-electron chi connectivity index (χ0n) is 17.6. The molecule has 166 valence electrons. The van der Waals surface area contributed by atoms with Gasteiger partial charge < -0.3 is 10.0 Å². The second-order valence-electron chi connectivity index (χ2n) is 8.31. The predicted octanol–water partition coefficient (Wildman–Crippen LogP) is 2.75.